The van der Waals surface area contributed by atoms with Crippen LogP contribution in [0.2, 0.25) is 5.15 Å². The fourth-order valence-corrected chi connectivity index (χ4v) is 2.00. The van der Waals surface area contributed by atoms with Crippen LogP contribution in [-0.2, 0) is 9.53 Å². The lowest BCUT2D eigenvalue weighted by atomic mass is 10.2. The van der Waals surface area contributed by atoms with E-state index in [1.807, 2.05) is 13.8 Å². The molecule has 110 valence electrons. The predicted octanol–water partition coefficient (Wildman–Crippen LogP) is 2.46. The van der Waals surface area contributed by atoms with Crippen LogP contribution in [0.1, 0.15) is 36.8 Å². The number of pyridine rings is 1. The van der Waals surface area contributed by atoms with Gasteiger partial charge >= 0.3 is 5.97 Å². The van der Waals surface area contributed by atoms with E-state index in [1.165, 1.54) is 11.0 Å². The van der Waals surface area contributed by atoms with E-state index in [4.69, 9.17) is 16.3 Å². The van der Waals surface area contributed by atoms with Crippen molar-refractivity contribution >= 4 is 23.5 Å². The van der Waals surface area contributed by atoms with Crippen LogP contribution >= 0.6 is 11.6 Å². The second-order valence-electron chi connectivity index (χ2n) is 4.65. The van der Waals surface area contributed by atoms with Gasteiger partial charge in [0.25, 0.3) is 5.91 Å². The van der Waals surface area contributed by atoms with E-state index in [9.17, 15) is 9.59 Å². The summed E-state index contributed by atoms with van der Waals surface area (Å²) >= 11 is 5.86. The molecule has 0 fully saturated rings. The van der Waals surface area contributed by atoms with Gasteiger partial charge in [-0.3, -0.25) is 9.59 Å². The van der Waals surface area contributed by atoms with Crippen molar-refractivity contribution in [3.63, 3.8) is 0 Å². The van der Waals surface area contributed by atoms with Crippen molar-refractivity contribution in [1.82, 2.24) is 9.88 Å². The zero-order valence-electron chi connectivity index (χ0n) is 12.1. The monoisotopic (exact) mass is 298 g/mol. The first kappa shape index (κ1) is 16.4. The molecule has 5 nitrogen and oxygen atoms in total. The molecule has 1 amide bonds. The Bertz CT molecular complexity index is 483. The van der Waals surface area contributed by atoms with Crippen LogP contribution in [0.15, 0.2) is 12.1 Å². The fraction of sp³-hybridized carbons (Fsp3) is 0.500. The summed E-state index contributed by atoms with van der Waals surface area (Å²) < 4.78 is 4.88. The number of carbonyl (C=O) groups is 2. The summed E-state index contributed by atoms with van der Waals surface area (Å²) in [4.78, 5) is 29.5. The summed E-state index contributed by atoms with van der Waals surface area (Å²) in [5.74, 6) is -0.688. The van der Waals surface area contributed by atoms with Crippen LogP contribution < -0.4 is 0 Å². The van der Waals surface area contributed by atoms with Crippen molar-refractivity contribution in [3.8, 4) is 0 Å². The molecule has 20 heavy (non-hydrogen) atoms. The normalized spacial score (nSPS) is 10.5. The number of aromatic nitrogens is 1. The maximum Gasteiger partial charge on any atom is 0.325 e. The molecule has 1 rings (SSSR count). The van der Waals surface area contributed by atoms with E-state index in [1.54, 1.807) is 19.9 Å². The zero-order chi connectivity index (χ0) is 15.3. The second kappa shape index (κ2) is 7.24. The maximum absolute atomic E-state index is 12.5. The molecule has 0 aromatic carbocycles. The lowest BCUT2D eigenvalue weighted by Gasteiger charge is -2.25. The number of rotatable bonds is 5. The van der Waals surface area contributed by atoms with Gasteiger partial charge in [-0.15, -0.1) is 0 Å². The highest BCUT2D eigenvalue weighted by Crippen LogP contribution is 2.14. The number of hydrogen-bond donors (Lipinski definition) is 0. The van der Waals surface area contributed by atoms with E-state index in [-0.39, 0.29) is 23.6 Å². The number of esters is 1. The molecule has 1 aromatic heterocycles. The van der Waals surface area contributed by atoms with Crippen LogP contribution in [0.4, 0.5) is 0 Å². The van der Waals surface area contributed by atoms with Crippen molar-refractivity contribution in [2.45, 2.75) is 33.7 Å². The van der Waals surface area contributed by atoms with Gasteiger partial charge in [-0.2, -0.15) is 0 Å². The minimum atomic E-state index is -0.425. The van der Waals surface area contributed by atoms with Crippen molar-refractivity contribution in [2.24, 2.45) is 0 Å². The number of carbonyl (C=O) groups excluding carboxylic acids is 2. The summed E-state index contributed by atoms with van der Waals surface area (Å²) in [6, 6.07) is 3.02. The quantitative estimate of drug-likeness (QED) is 0.619. The minimum absolute atomic E-state index is 0.0800. The largest absolute Gasteiger partial charge is 0.465 e. The van der Waals surface area contributed by atoms with Crippen molar-refractivity contribution in [2.75, 3.05) is 13.2 Å². The molecule has 0 aliphatic rings. The first-order chi connectivity index (χ1) is 9.35. The van der Waals surface area contributed by atoms with Crippen molar-refractivity contribution in [3.05, 3.63) is 28.5 Å². The summed E-state index contributed by atoms with van der Waals surface area (Å²) in [6.07, 6.45) is 0. The number of nitrogens with zero attached hydrogens (tertiary/aromatic N) is 2. The lowest BCUT2D eigenvalue weighted by Crippen LogP contribution is -2.41. The van der Waals surface area contributed by atoms with Crippen LogP contribution in [0, 0.1) is 6.92 Å². The van der Waals surface area contributed by atoms with Gasteiger partial charge in [0.2, 0.25) is 0 Å². The molecule has 0 bridgehead atoms. The van der Waals surface area contributed by atoms with E-state index in [0.29, 0.717) is 17.9 Å². The number of halogens is 1. The standard InChI is InChI=1S/C14H19ClN2O3/c1-5-20-13(18)8-17(9(2)3)14(19)11-6-10(4)16-12(15)7-11/h6-7,9H,5,8H2,1-4H3. The SMILES string of the molecule is CCOC(=O)CN(C(=O)c1cc(C)nc(Cl)c1)C(C)C. The van der Waals surface area contributed by atoms with Gasteiger partial charge in [-0.25, -0.2) is 4.98 Å². The maximum atomic E-state index is 12.5. The third-order valence-corrected chi connectivity index (χ3v) is 2.85. The topological polar surface area (TPSA) is 59.5 Å². The minimum Gasteiger partial charge on any atom is -0.465 e. The molecule has 1 aromatic rings. The summed E-state index contributed by atoms with van der Waals surface area (Å²) in [6.45, 7) is 7.38. The van der Waals surface area contributed by atoms with Crippen molar-refractivity contribution < 1.29 is 14.3 Å². The van der Waals surface area contributed by atoms with Gasteiger partial charge in [0, 0.05) is 17.3 Å². The molecule has 6 heteroatoms. The van der Waals surface area contributed by atoms with Crippen molar-refractivity contribution in [1.29, 1.82) is 0 Å². The van der Waals surface area contributed by atoms with E-state index in [2.05, 4.69) is 4.98 Å². The van der Waals surface area contributed by atoms with Gasteiger partial charge in [-0.1, -0.05) is 11.6 Å². The van der Waals surface area contributed by atoms with Gasteiger partial charge in [0.15, 0.2) is 0 Å². The highest BCUT2D eigenvalue weighted by atomic mass is 35.5. The Hall–Kier alpha value is -1.62. The molecule has 0 saturated heterocycles. The summed E-state index contributed by atoms with van der Waals surface area (Å²) in [7, 11) is 0. The van der Waals surface area contributed by atoms with Crippen LogP contribution in [-0.4, -0.2) is 41.0 Å². The Balaban J connectivity index is 2.96. The Morgan fingerprint density at radius 1 is 1.40 bits per heavy atom. The number of ether oxygens (including phenoxy) is 1. The first-order valence-electron chi connectivity index (χ1n) is 6.46. The molecule has 0 aliphatic heterocycles. The molecular formula is C14H19ClN2O3. The van der Waals surface area contributed by atoms with Gasteiger partial charge < -0.3 is 9.64 Å². The molecule has 0 N–H and O–H groups in total. The first-order valence-corrected chi connectivity index (χ1v) is 6.83. The molecule has 0 aliphatic carbocycles. The van der Waals surface area contributed by atoms with E-state index < -0.39 is 5.97 Å². The molecule has 0 radical (unpaired) electrons. The van der Waals surface area contributed by atoms with Crippen LogP contribution in [0.3, 0.4) is 0 Å². The molecule has 0 spiro atoms. The third-order valence-electron chi connectivity index (χ3n) is 2.66. The van der Waals surface area contributed by atoms with Crippen LogP contribution in [0.25, 0.3) is 0 Å². The average Bonchev–Trinajstić information content (AvgIpc) is 2.34. The molecule has 0 unspecified atom stereocenters. The number of hydrogen-bond acceptors (Lipinski definition) is 4. The fourth-order valence-electron chi connectivity index (χ4n) is 1.75. The molecular weight excluding hydrogens is 280 g/mol. The lowest BCUT2D eigenvalue weighted by molar-refractivity contribution is -0.144. The van der Waals surface area contributed by atoms with E-state index >= 15 is 0 Å². The summed E-state index contributed by atoms with van der Waals surface area (Å²) in [5.41, 5.74) is 1.07. The number of aryl methyl sites for hydroxylation is 1. The zero-order valence-corrected chi connectivity index (χ0v) is 12.9. The van der Waals surface area contributed by atoms with E-state index in [0.717, 1.165) is 0 Å². The Labute approximate surface area is 123 Å². The second-order valence-corrected chi connectivity index (χ2v) is 5.04. The predicted molar refractivity (Wildman–Crippen MR) is 76.8 cm³/mol. The smallest absolute Gasteiger partial charge is 0.325 e. The average molecular weight is 299 g/mol. The highest BCUT2D eigenvalue weighted by Gasteiger charge is 2.22. The van der Waals surface area contributed by atoms with Gasteiger partial charge in [-0.05, 0) is 39.8 Å². The van der Waals surface area contributed by atoms with Gasteiger partial charge in [0.1, 0.15) is 11.7 Å². The Kier molecular flexibility index (Phi) is 5.95. The Morgan fingerprint density at radius 3 is 2.55 bits per heavy atom. The van der Waals surface area contributed by atoms with Gasteiger partial charge in [0.05, 0.1) is 6.61 Å². The Morgan fingerprint density at radius 2 is 2.05 bits per heavy atom. The van der Waals surface area contributed by atoms with Crippen LogP contribution in [0.5, 0.6) is 0 Å². The summed E-state index contributed by atoms with van der Waals surface area (Å²) in [5, 5.41) is 0.258. The number of amides is 1. The molecule has 0 saturated carbocycles. The highest BCUT2D eigenvalue weighted by molar-refractivity contribution is 6.29. The third kappa shape index (κ3) is 4.49. The molecule has 0 atom stereocenters. The molecule has 1 heterocycles.